The molecule has 6 N–H and O–H groups in total. The normalized spacial score (nSPS) is 37.9. The molecular formula is C20H39O12P. The van der Waals surface area contributed by atoms with Crippen molar-refractivity contribution in [3.05, 3.63) is 0 Å². The van der Waals surface area contributed by atoms with Crippen molar-refractivity contribution in [2.75, 3.05) is 26.5 Å². The second-order valence-corrected chi connectivity index (χ2v) is 10.4. The molecule has 0 bridgehead atoms. The van der Waals surface area contributed by atoms with Gasteiger partial charge in [0, 0.05) is 20.1 Å². The number of methoxy groups -OCH3 is 1. The SMILES string of the molecule is CCCCCCOC[C@H]1OC(OC)[C@@H](O[C@H]2OC(CCP(=O)(O)O)[C@@H](O)C(O)C2O)CC1O. The summed E-state index contributed by atoms with van der Waals surface area (Å²) in [6.07, 6.45) is -7.35. The smallest absolute Gasteiger partial charge is 0.325 e. The molecule has 5 unspecified atom stereocenters. The fourth-order valence-electron chi connectivity index (χ4n) is 3.89. The zero-order chi connectivity index (χ0) is 24.6. The molecule has 2 saturated heterocycles. The zero-order valence-corrected chi connectivity index (χ0v) is 20.0. The molecule has 0 saturated carbocycles. The van der Waals surface area contributed by atoms with Crippen molar-refractivity contribution in [1.29, 1.82) is 0 Å². The molecule has 12 nitrogen and oxygen atoms in total. The molecule has 0 aliphatic carbocycles. The van der Waals surface area contributed by atoms with Crippen LogP contribution in [0.25, 0.3) is 0 Å². The maximum Gasteiger partial charge on any atom is 0.325 e. The van der Waals surface area contributed by atoms with E-state index in [1.165, 1.54) is 7.11 Å². The molecule has 2 fully saturated rings. The topological polar surface area (TPSA) is 185 Å². The average Bonchev–Trinajstić information content (AvgIpc) is 2.76. The van der Waals surface area contributed by atoms with Crippen molar-refractivity contribution < 1.29 is 58.5 Å². The largest absolute Gasteiger partial charge is 0.390 e. The van der Waals surface area contributed by atoms with Gasteiger partial charge in [0.1, 0.15) is 30.5 Å². The van der Waals surface area contributed by atoms with Crippen LogP contribution in [-0.2, 0) is 28.2 Å². The summed E-state index contributed by atoms with van der Waals surface area (Å²) in [6.45, 7) is 2.86. The third kappa shape index (κ3) is 9.06. The van der Waals surface area contributed by atoms with E-state index >= 15 is 0 Å². The number of aliphatic hydroxyl groups excluding tert-OH is 4. The fourth-order valence-corrected chi connectivity index (χ4v) is 4.49. The van der Waals surface area contributed by atoms with Crippen LogP contribution in [0.15, 0.2) is 0 Å². The summed E-state index contributed by atoms with van der Waals surface area (Å²) >= 11 is 0. The van der Waals surface area contributed by atoms with Crippen molar-refractivity contribution in [2.45, 2.75) is 101 Å². The summed E-state index contributed by atoms with van der Waals surface area (Å²) in [5.41, 5.74) is 0. The highest BCUT2D eigenvalue weighted by Gasteiger charge is 2.47. The van der Waals surface area contributed by atoms with E-state index in [1.54, 1.807) is 0 Å². The van der Waals surface area contributed by atoms with Gasteiger partial charge < -0.3 is 53.9 Å². The van der Waals surface area contributed by atoms with E-state index < -0.39 is 69.1 Å². The van der Waals surface area contributed by atoms with Crippen LogP contribution in [-0.4, -0.2) is 112 Å². The van der Waals surface area contributed by atoms with Gasteiger partial charge in [-0.3, -0.25) is 4.57 Å². The first kappa shape index (κ1) is 29.0. The second-order valence-electron chi connectivity index (χ2n) is 8.58. The lowest BCUT2D eigenvalue weighted by molar-refractivity contribution is -0.346. The van der Waals surface area contributed by atoms with Crippen LogP contribution in [0, 0.1) is 0 Å². The second kappa shape index (κ2) is 13.8. The number of ether oxygens (including phenoxy) is 5. The van der Waals surface area contributed by atoms with E-state index in [-0.39, 0.29) is 19.4 Å². The van der Waals surface area contributed by atoms with E-state index in [2.05, 4.69) is 6.92 Å². The predicted octanol–water partition coefficient (Wildman–Crippen LogP) is -0.534. The molecule has 0 spiro atoms. The van der Waals surface area contributed by atoms with Crippen LogP contribution >= 0.6 is 7.60 Å². The van der Waals surface area contributed by atoms with Crippen molar-refractivity contribution in [1.82, 2.24) is 0 Å². The van der Waals surface area contributed by atoms with Gasteiger partial charge in [-0.15, -0.1) is 0 Å². The Morgan fingerprint density at radius 3 is 2.27 bits per heavy atom. The molecule has 33 heavy (non-hydrogen) atoms. The lowest BCUT2D eigenvalue weighted by atomic mass is 9.97. The van der Waals surface area contributed by atoms with Crippen molar-refractivity contribution in [3.8, 4) is 0 Å². The highest BCUT2D eigenvalue weighted by atomic mass is 31.2. The Bertz CT molecular complexity index is 604. The number of hydrogen-bond donors (Lipinski definition) is 6. The van der Waals surface area contributed by atoms with E-state index in [0.717, 1.165) is 25.7 Å². The molecule has 13 heteroatoms. The Labute approximate surface area is 193 Å². The minimum Gasteiger partial charge on any atom is -0.390 e. The van der Waals surface area contributed by atoms with Crippen LogP contribution < -0.4 is 0 Å². The van der Waals surface area contributed by atoms with Gasteiger partial charge in [0.15, 0.2) is 12.6 Å². The molecule has 9 atom stereocenters. The lowest BCUT2D eigenvalue weighted by Gasteiger charge is -2.44. The number of aliphatic hydroxyl groups is 4. The quantitative estimate of drug-likeness (QED) is 0.140. The molecule has 2 rings (SSSR count). The van der Waals surface area contributed by atoms with E-state index in [4.69, 9.17) is 33.5 Å². The van der Waals surface area contributed by atoms with E-state index in [0.29, 0.717) is 6.61 Å². The Morgan fingerprint density at radius 2 is 1.64 bits per heavy atom. The van der Waals surface area contributed by atoms with Crippen molar-refractivity contribution in [2.24, 2.45) is 0 Å². The number of hydrogen-bond acceptors (Lipinski definition) is 10. The summed E-state index contributed by atoms with van der Waals surface area (Å²) < 4.78 is 39.1. The van der Waals surface area contributed by atoms with E-state index in [1.807, 2.05) is 0 Å². The van der Waals surface area contributed by atoms with Gasteiger partial charge in [0.05, 0.1) is 25.0 Å². The molecule has 2 aliphatic heterocycles. The summed E-state index contributed by atoms with van der Waals surface area (Å²) in [7, 11) is -2.97. The average molecular weight is 502 g/mol. The molecule has 2 heterocycles. The minimum absolute atomic E-state index is 0.0702. The fraction of sp³-hybridized carbons (Fsp3) is 1.00. The molecular weight excluding hydrogens is 463 g/mol. The first-order chi connectivity index (χ1) is 15.6. The van der Waals surface area contributed by atoms with Crippen LogP contribution in [0.5, 0.6) is 0 Å². The molecule has 0 aromatic heterocycles. The minimum atomic E-state index is -4.36. The van der Waals surface area contributed by atoms with Gasteiger partial charge in [-0.1, -0.05) is 26.2 Å². The van der Waals surface area contributed by atoms with E-state index in [9.17, 15) is 25.0 Å². The molecule has 0 radical (unpaired) electrons. The van der Waals surface area contributed by atoms with Gasteiger partial charge in [-0.25, -0.2) is 0 Å². The molecule has 0 amide bonds. The first-order valence-electron chi connectivity index (χ1n) is 11.4. The number of unbranched alkanes of at least 4 members (excludes halogenated alkanes) is 3. The van der Waals surface area contributed by atoms with Gasteiger partial charge in [0.2, 0.25) is 0 Å². The first-order valence-corrected chi connectivity index (χ1v) is 13.2. The maximum atomic E-state index is 11.2. The van der Waals surface area contributed by atoms with Gasteiger partial charge in [-0.2, -0.15) is 0 Å². The van der Waals surface area contributed by atoms with Gasteiger partial charge >= 0.3 is 7.60 Å². The summed E-state index contributed by atoms with van der Waals surface area (Å²) in [4.78, 5) is 18.2. The third-order valence-electron chi connectivity index (χ3n) is 5.85. The standard InChI is InChI=1S/C20H39O12P/c1-3-4-5-6-8-29-11-15-12(21)10-14(19(28-2)32-15)31-20-18(24)17(23)16(22)13(30-20)7-9-33(25,26)27/h12-24H,3-11H2,1-2H3,(H2,25,26,27)/t12?,13?,14-,15+,16+,17?,18?,19?,20+/m0/s1. The zero-order valence-electron chi connectivity index (χ0n) is 19.1. The monoisotopic (exact) mass is 502 g/mol. The number of rotatable bonds is 13. The Hall–Kier alpha value is -0.210. The molecule has 0 aromatic rings. The van der Waals surface area contributed by atoms with Crippen LogP contribution in [0.2, 0.25) is 0 Å². The predicted molar refractivity (Wildman–Crippen MR) is 114 cm³/mol. The Morgan fingerprint density at radius 1 is 0.939 bits per heavy atom. The molecule has 196 valence electrons. The van der Waals surface area contributed by atoms with Gasteiger partial charge in [-0.05, 0) is 12.8 Å². The maximum absolute atomic E-state index is 11.2. The summed E-state index contributed by atoms with van der Waals surface area (Å²) in [5, 5.41) is 41.0. The van der Waals surface area contributed by atoms with Crippen molar-refractivity contribution in [3.63, 3.8) is 0 Å². The van der Waals surface area contributed by atoms with Crippen molar-refractivity contribution >= 4 is 7.60 Å². The highest BCUT2D eigenvalue weighted by Crippen LogP contribution is 2.37. The summed E-state index contributed by atoms with van der Waals surface area (Å²) in [5.74, 6) is 0. The van der Waals surface area contributed by atoms with Gasteiger partial charge in [0.25, 0.3) is 0 Å². The summed E-state index contributed by atoms with van der Waals surface area (Å²) in [6, 6.07) is 0. The Kier molecular flexibility index (Phi) is 12.1. The van der Waals surface area contributed by atoms with Crippen LogP contribution in [0.3, 0.4) is 0 Å². The Balaban J connectivity index is 1.91. The lowest BCUT2D eigenvalue weighted by Crippen LogP contribution is -2.60. The molecule has 0 aromatic carbocycles. The van der Waals surface area contributed by atoms with Crippen LogP contribution in [0.4, 0.5) is 0 Å². The highest BCUT2D eigenvalue weighted by molar-refractivity contribution is 7.51. The van der Waals surface area contributed by atoms with Crippen LogP contribution in [0.1, 0.15) is 45.4 Å². The third-order valence-corrected chi connectivity index (χ3v) is 6.70. The molecule has 2 aliphatic rings.